The van der Waals surface area contributed by atoms with E-state index in [-0.39, 0.29) is 46.3 Å². The molecule has 3 aliphatic rings. The molecular weight excluding hydrogens is 1740 g/mol. The molecule has 26 heteroatoms. The average molecular weight is 1840 g/mol. The maximum atomic E-state index is 13.5. The van der Waals surface area contributed by atoms with E-state index >= 15 is 0 Å². The average Bonchev–Trinajstić information content (AvgIpc) is 1.76. The second-order valence-electron chi connectivity index (χ2n) is 36.1. The van der Waals surface area contributed by atoms with E-state index in [1.54, 1.807) is 36.4 Å². The third-order valence-corrected chi connectivity index (χ3v) is 27.2. The molecule has 1 unspecified atom stereocenters. The number of nitrogens with zero attached hydrogens (tertiary/aromatic N) is 8. The topological polar surface area (TPSA) is 365 Å². The van der Waals surface area contributed by atoms with Crippen LogP contribution >= 0.6 is 0 Å². The fourth-order valence-corrected chi connectivity index (χ4v) is 19.9. The Labute approximate surface area is 798 Å². The fraction of sp³-hybridized carbons (Fsp3) is 0.186. The number of hydrogen-bond donors (Lipinski definition) is 10. The maximum absolute atomic E-state index is 13.5. The number of para-hydroxylation sites is 9. The molecule has 23 rings (SSSR count). The van der Waals surface area contributed by atoms with Gasteiger partial charge in [-0.15, -0.1) is 0 Å². The van der Waals surface area contributed by atoms with E-state index < -0.39 is 23.5 Å². The zero-order valence-corrected chi connectivity index (χ0v) is 76.5. The van der Waals surface area contributed by atoms with Crippen LogP contribution in [0.1, 0.15) is 111 Å². The van der Waals surface area contributed by atoms with Crippen LogP contribution in [0.3, 0.4) is 0 Å². The number of nitrogens with one attached hydrogen (secondary N) is 8. The largest absolute Gasteiger partial charge is 0.368 e. The first-order chi connectivity index (χ1) is 68.0. The van der Waals surface area contributed by atoms with Gasteiger partial charge in [-0.2, -0.15) is 0 Å². The molecule has 1 amide bonds. The van der Waals surface area contributed by atoms with Crippen LogP contribution in [0.2, 0.25) is 0 Å². The molecular formula is C113H104N18O8. The van der Waals surface area contributed by atoms with Crippen molar-refractivity contribution in [2.75, 3.05) is 39.3 Å². The number of Topliss-reactive ketones (excluding diaryl/α,β-unsaturated/α-hetero) is 2. The van der Waals surface area contributed by atoms with Crippen LogP contribution in [0.25, 0.3) is 122 Å². The van der Waals surface area contributed by atoms with Crippen molar-refractivity contribution in [2.45, 2.75) is 95.2 Å². The lowest BCUT2D eigenvalue weighted by Gasteiger charge is -2.32. The van der Waals surface area contributed by atoms with Crippen molar-refractivity contribution >= 4 is 83.3 Å². The zero-order valence-electron chi connectivity index (χ0n) is 76.5. The van der Waals surface area contributed by atoms with Gasteiger partial charge in [0.2, 0.25) is 17.5 Å². The van der Waals surface area contributed by atoms with Gasteiger partial charge < -0.3 is 51.3 Å². The fourth-order valence-electron chi connectivity index (χ4n) is 19.9. The third kappa shape index (κ3) is 19.7. The molecule has 139 heavy (non-hydrogen) atoms. The van der Waals surface area contributed by atoms with Crippen LogP contribution in [0.4, 0.5) is 0 Å². The quantitative estimate of drug-likeness (QED) is 0.0223. The number of aromatic amines is 8. The molecule has 11 heterocycles. The molecule has 8 aromatic heterocycles. The minimum atomic E-state index is -0.621. The van der Waals surface area contributed by atoms with E-state index in [4.69, 9.17) is 21.4 Å². The Balaban J connectivity index is 0.000000120. The molecule has 0 spiro atoms. The number of hydrogen-bond acceptors (Lipinski definition) is 14. The second kappa shape index (κ2) is 40.6. The van der Waals surface area contributed by atoms with Gasteiger partial charge in [0, 0.05) is 174 Å². The summed E-state index contributed by atoms with van der Waals surface area (Å²) in [4.78, 5) is 143. The lowest BCUT2D eigenvalue weighted by molar-refractivity contribution is -0.119. The highest BCUT2D eigenvalue weighted by molar-refractivity contribution is 6.49. The highest BCUT2D eigenvalue weighted by Gasteiger charge is 2.30. The molecule has 20 aromatic rings. The molecule has 0 radical (unpaired) electrons. The molecule has 3 aliphatic heterocycles. The lowest BCUT2D eigenvalue weighted by atomic mass is 10.00. The minimum absolute atomic E-state index is 0.0226. The summed E-state index contributed by atoms with van der Waals surface area (Å²) in [5, 5.41) is 3.15. The SMILES string of the molecule is NC(=O)C(N)Cc1c[nH]c2ccccc12.O=C(C(=O)c1ccc(CN2CCC(n3c(=O)[nH]c4ccccc43)CC2)cc1)c1ccccc1.O=c1[nH]c(-c2ccc(CN3CCC(n4c(=O)[nH]c5ccccc54)CC3)cc2)c(-c2ccccc2)nc1-c1c[nH]c2ccccc12.O=c1[nH]c(-c2ccccc2)c(-c2ccc(CN3CCC(n4c(=O)[nH]c5ccccc54)CC3)cc2)nc1Cc1c[nH]c2ccccc12. The van der Waals surface area contributed by atoms with Gasteiger partial charge in [0.05, 0.1) is 61.9 Å². The highest BCUT2D eigenvalue weighted by atomic mass is 16.2. The standard InChI is InChI=1S/C38H34N6O2.C37H32N6O2.C27H25N3O3.C11H13N3O/c45-37-33(22-28-23-39-31-11-5-4-10-30(28)31)40-35(36(42-37)26-8-2-1-3-9-26)27-16-14-25(15-17-27)24-43-20-18-29(19-21-43)44-34-13-7-6-12-32(34)41-38(44)46;44-36-35(29-22-38-30-11-5-4-10-28(29)30)40-33(25-8-2-1-3-9-25)34(41-36)26-16-14-24(15-17-26)23-42-20-18-27(19-21-42)43-32-13-7-6-12-31(32)39-37(43)45;31-25(20-6-2-1-3-7-20)26(32)21-12-10-19(11-13-21)18-29-16-14-22(15-17-29)30-24-9-5-4-8-23(24)28-27(30)33;12-9(11(13)15)5-7-6-14-10-4-2-1-3-8(7)10/h1-17,23,29,39H,18-22,24H2,(H,41,46)(H,42,45);1-17,22,27,38H,18-21,23H2,(H,39,45)(H,41,44);1-13,22H,14-18H2,(H,28,33);1-4,6,9,14H,5,12H2,(H2,13,15). The molecule has 0 bridgehead atoms. The van der Waals surface area contributed by atoms with Crippen molar-refractivity contribution in [1.29, 1.82) is 0 Å². The van der Waals surface area contributed by atoms with Crippen LogP contribution in [-0.4, -0.2) is 141 Å². The number of aromatic nitrogens is 13. The van der Waals surface area contributed by atoms with Gasteiger partial charge in [0.1, 0.15) is 11.4 Å². The predicted molar refractivity (Wildman–Crippen MR) is 549 cm³/mol. The predicted octanol–water partition coefficient (Wildman–Crippen LogP) is 18.1. The Morgan fingerprint density at radius 1 is 0.331 bits per heavy atom. The van der Waals surface area contributed by atoms with Gasteiger partial charge in [-0.3, -0.25) is 52.4 Å². The van der Waals surface area contributed by atoms with Crippen LogP contribution in [0, 0.1) is 0 Å². The Kier molecular flexibility index (Phi) is 26.4. The van der Waals surface area contributed by atoms with E-state index in [1.807, 2.05) is 251 Å². The van der Waals surface area contributed by atoms with Crippen molar-refractivity contribution in [1.82, 2.24) is 78.2 Å². The minimum Gasteiger partial charge on any atom is -0.368 e. The van der Waals surface area contributed by atoms with E-state index in [1.165, 1.54) is 11.1 Å². The van der Waals surface area contributed by atoms with Crippen LogP contribution in [-0.2, 0) is 37.3 Å². The number of carbonyl (C=O) groups is 3. The molecule has 26 nitrogen and oxygen atoms in total. The Hall–Kier alpha value is -16.5. The first kappa shape index (κ1) is 90.3. The summed E-state index contributed by atoms with van der Waals surface area (Å²) in [5.74, 6) is -1.45. The first-order valence-corrected chi connectivity index (χ1v) is 47.3. The number of piperidine rings is 3. The van der Waals surface area contributed by atoms with Crippen molar-refractivity contribution in [2.24, 2.45) is 11.5 Å². The summed E-state index contributed by atoms with van der Waals surface area (Å²) < 4.78 is 5.77. The molecule has 0 saturated carbocycles. The second-order valence-corrected chi connectivity index (χ2v) is 36.1. The number of fused-ring (bicyclic) bond motifs is 6. The van der Waals surface area contributed by atoms with Crippen molar-refractivity contribution in [3.63, 3.8) is 0 Å². The number of imidazole rings is 3. The number of nitrogens with two attached hydrogens (primary N) is 2. The normalized spacial score (nSPS) is 14.4. The number of likely N-dealkylation sites (tertiary alicyclic amines) is 3. The summed E-state index contributed by atoms with van der Waals surface area (Å²) in [7, 11) is 0. The first-order valence-electron chi connectivity index (χ1n) is 47.3. The summed E-state index contributed by atoms with van der Waals surface area (Å²) in [6.45, 7) is 7.92. The number of ketones is 2. The number of benzene rings is 12. The number of primary amides is 1. The van der Waals surface area contributed by atoms with E-state index in [9.17, 15) is 38.4 Å². The summed E-state index contributed by atoms with van der Waals surface area (Å²) in [5.41, 5.74) is 33.6. The monoisotopic (exact) mass is 1840 g/mol. The molecule has 694 valence electrons. The molecule has 0 aliphatic carbocycles. The van der Waals surface area contributed by atoms with Gasteiger partial charge in [0.15, 0.2) is 0 Å². The third-order valence-electron chi connectivity index (χ3n) is 27.2. The molecule has 12 aromatic carbocycles. The Morgan fingerprint density at radius 2 is 0.669 bits per heavy atom. The highest BCUT2D eigenvalue weighted by Crippen LogP contribution is 2.37. The van der Waals surface area contributed by atoms with E-state index in [2.05, 4.69) is 109 Å². The van der Waals surface area contributed by atoms with Crippen LogP contribution < -0.4 is 39.7 Å². The van der Waals surface area contributed by atoms with Gasteiger partial charge in [0.25, 0.3) is 11.1 Å². The van der Waals surface area contributed by atoms with Crippen molar-refractivity contribution < 1.29 is 14.4 Å². The van der Waals surface area contributed by atoms with Crippen LogP contribution in [0.15, 0.2) is 352 Å². The summed E-state index contributed by atoms with van der Waals surface area (Å²) >= 11 is 0. The Bertz CT molecular complexity index is 8140. The number of carbonyl (C=O) groups excluding carboxylic acids is 3. The molecule has 3 saturated heterocycles. The molecule has 3 fully saturated rings. The van der Waals surface area contributed by atoms with Gasteiger partial charge in [-0.1, -0.05) is 255 Å². The zero-order chi connectivity index (χ0) is 95.0. The maximum Gasteiger partial charge on any atom is 0.326 e. The van der Waals surface area contributed by atoms with Gasteiger partial charge >= 0.3 is 17.1 Å². The molecule has 12 N–H and O–H groups in total. The van der Waals surface area contributed by atoms with Crippen LogP contribution in [0.5, 0.6) is 0 Å². The summed E-state index contributed by atoms with van der Waals surface area (Å²) in [6.07, 6.45) is 12.1. The number of rotatable bonds is 22. The smallest absolute Gasteiger partial charge is 0.326 e. The van der Waals surface area contributed by atoms with Crippen molar-refractivity contribution in [3.8, 4) is 56.3 Å². The van der Waals surface area contributed by atoms with Crippen molar-refractivity contribution in [3.05, 3.63) is 425 Å². The summed E-state index contributed by atoms with van der Waals surface area (Å²) in [6, 6.07) is 100. The van der Waals surface area contributed by atoms with Gasteiger partial charge in [-0.25, -0.2) is 24.4 Å². The number of H-pyrrole nitrogens is 8. The molecule has 1 atom stereocenters. The van der Waals surface area contributed by atoms with Gasteiger partial charge in [-0.05, 0) is 127 Å². The lowest BCUT2D eigenvalue weighted by Crippen LogP contribution is -2.38. The van der Waals surface area contributed by atoms with E-state index in [0.29, 0.717) is 41.1 Å². The van der Waals surface area contributed by atoms with E-state index in [0.717, 1.165) is 225 Å². The number of amides is 1. The Morgan fingerprint density at radius 3 is 1.13 bits per heavy atom.